The zero-order valence-electron chi connectivity index (χ0n) is 14.2. The van der Waals surface area contributed by atoms with Crippen LogP contribution in [0.4, 0.5) is 30.4 Å². The SMILES string of the molecule is Cc1nc(Nc2ccccc2)cc(C(=O)Nc2cccc(C(F)(F)F)c2)n1. The van der Waals surface area contributed by atoms with Crippen LogP contribution in [0.5, 0.6) is 0 Å². The molecule has 0 radical (unpaired) electrons. The van der Waals surface area contributed by atoms with Gasteiger partial charge in [-0.25, -0.2) is 9.97 Å². The van der Waals surface area contributed by atoms with Gasteiger partial charge in [0.1, 0.15) is 17.3 Å². The zero-order valence-corrected chi connectivity index (χ0v) is 14.2. The van der Waals surface area contributed by atoms with Crippen LogP contribution in [0.1, 0.15) is 21.9 Å². The number of aryl methyl sites for hydroxylation is 1. The molecule has 0 saturated heterocycles. The average Bonchev–Trinajstić information content (AvgIpc) is 2.61. The molecule has 0 aliphatic rings. The summed E-state index contributed by atoms with van der Waals surface area (Å²) in [6.07, 6.45) is -4.49. The van der Waals surface area contributed by atoms with E-state index < -0.39 is 17.6 Å². The maximum atomic E-state index is 12.8. The van der Waals surface area contributed by atoms with Crippen molar-refractivity contribution >= 4 is 23.1 Å². The Kier molecular flexibility index (Phi) is 5.07. The lowest BCUT2D eigenvalue weighted by Crippen LogP contribution is -2.16. The molecule has 0 aliphatic heterocycles. The second-order valence-corrected chi connectivity index (χ2v) is 5.71. The fourth-order valence-electron chi connectivity index (χ4n) is 2.39. The summed E-state index contributed by atoms with van der Waals surface area (Å²) in [5.74, 6) is 0.129. The highest BCUT2D eigenvalue weighted by Gasteiger charge is 2.30. The van der Waals surface area contributed by atoms with E-state index in [1.54, 1.807) is 6.92 Å². The van der Waals surface area contributed by atoms with Crippen LogP contribution in [0.3, 0.4) is 0 Å². The van der Waals surface area contributed by atoms with Gasteiger partial charge in [0.2, 0.25) is 0 Å². The maximum Gasteiger partial charge on any atom is 0.416 e. The third-order valence-electron chi connectivity index (χ3n) is 3.56. The third-order valence-corrected chi connectivity index (χ3v) is 3.56. The molecule has 0 fully saturated rings. The van der Waals surface area contributed by atoms with Gasteiger partial charge in [-0.15, -0.1) is 0 Å². The van der Waals surface area contributed by atoms with Crippen molar-refractivity contribution in [3.8, 4) is 0 Å². The predicted molar refractivity (Wildman–Crippen MR) is 95.9 cm³/mol. The molecule has 3 rings (SSSR count). The minimum atomic E-state index is -4.49. The number of carbonyl (C=O) groups excluding carboxylic acids is 1. The number of rotatable bonds is 4. The Balaban J connectivity index is 1.81. The van der Waals surface area contributed by atoms with Crippen molar-refractivity contribution in [2.45, 2.75) is 13.1 Å². The van der Waals surface area contributed by atoms with Crippen LogP contribution in [-0.2, 0) is 6.18 Å². The summed E-state index contributed by atoms with van der Waals surface area (Å²) < 4.78 is 38.4. The van der Waals surface area contributed by atoms with Crippen molar-refractivity contribution in [3.63, 3.8) is 0 Å². The van der Waals surface area contributed by atoms with Gasteiger partial charge in [0.15, 0.2) is 0 Å². The van der Waals surface area contributed by atoms with E-state index in [4.69, 9.17) is 0 Å². The first-order valence-corrected chi connectivity index (χ1v) is 7.97. The lowest BCUT2D eigenvalue weighted by Gasteiger charge is -2.11. The van der Waals surface area contributed by atoms with Crippen LogP contribution < -0.4 is 10.6 Å². The summed E-state index contributed by atoms with van der Waals surface area (Å²) in [7, 11) is 0. The largest absolute Gasteiger partial charge is 0.416 e. The molecule has 1 amide bonds. The Hall–Kier alpha value is -3.42. The molecule has 2 aromatic carbocycles. The van der Waals surface area contributed by atoms with Crippen molar-refractivity contribution in [2.24, 2.45) is 0 Å². The van der Waals surface area contributed by atoms with Crippen molar-refractivity contribution in [2.75, 3.05) is 10.6 Å². The first-order valence-electron chi connectivity index (χ1n) is 7.97. The van der Waals surface area contributed by atoms with Gasteiger partial charge in [0.25, 0.3) is 5.91 Å². The van der Waals surface area contributed by atoms with Crippen molar-refractivity contribution in [3.05, 3.63) is 77.7 Å². The molecule has 2 N–H and O–H groups in total. The maximum absolute atomic E-state index is 12.8. The number of para-hydroxylation sites is 1. The molecule has 0 atom stereocenters. The molecule has 0 saturated carbocycles. The van der Waals surface area contributed by atoms with Gasteiger partial charge < -0.3 is 10.6 Å². The molecule has 0 spiro atoms. The van der Waals surface area contributed by atoms with E-state index >= 15 is 0 Å². The minimum absolute atomic E-state index is 0.0312. The predicted octanol–water partition coefficient (Wildman–Crippen LogP) is 4.80. The summed E-state index contributed by atoms with van der Waals surface area (Å²) in [6, 6.07) is 15.1. The van der Waals surface area contributed by atoms with E-state index in [2.05, 4.69) is 20.6 Å². The fraction of sp³-hybridized carbons (Fsp3) is 0.105. The molecule has 8 heteroatoms. The van der Waals surface area contributed by atoms with Gasteiger partial charge in [-0.2, -0.15) is 13.2 Å². The zero-order chi connectivity index (χ0) is 19.4. The molecule has 1 heterocycles. The molecule has 0 aliphatic carbocycles. The Labute approximate surface area is 153 Å². The van der Waals surface area contributed by atoms with Gasteiger partial charge in [-0.3, -0.25) is 4.79 Å². The Morgan fingerprint density at radius 2 is 1.63 bits per heavy atom. The Bertz CT molecular complexity index is 959. The van der Waals surface area contributed by atoms with Crippen LogP contribution >= 0.6 is 0 Å². The molecular weight excluding hydrogens is 357 g/mol. The molecule has 1 aromatic heterocycles. The van der Waals surface area contributed by atoms with Crippen molar-refractivity contribution in [1.29, 1.82) is 0 Å². The van der Waals surface area contributed by atoms with Crippen molar-refractivity contribution in [1.82, 2.24) is 9.97 Å². The van der Waals surface area contributed by atoms with Crippen LogP contribution in [0.15, 0.2) is 60.7 Å². The van der Waals surface area contributed by atoms with Gasteiger partial charge in [0, 0.05) is 17.4 Å². The molecule has 27 heavy (non-hydrogen) atoms. The number of alkyl halides is 3. The van der Waals surface area contributed by atoms with E-state index in [9.17, 15) is 18.0 Å². The number of nitrogens with one attached hydrogen (secondary N) is 2. The van der Waals surface area contributed by atoms with E-state index in [1.807, 2.05) is 30.3 Å². The molecule has 0 unspecified atom stereocenters. The summed E-state index contributed by atoms with van der Waals surface area (Å²) >= 11 is 0. The number of anilines is 3. The minimum Gasteiger partial charge on any atom is -0.340 e. The quantitative estimate of drug-likeness (QED) is 0.690. The second kappa shape index (κ2) is 7.45. The van der Waals surface area contributed by atoms with Gasteiger partial charge in [-0.1, -0.05) is 24.3 Å². The molecule has 0 bridgehead atoms. The lowest BCUT2D eigenvalue weighted by atomic mass is 10.2. The van der Waals surface area contributed by atoms with E-state index in [-0.39, 0.29) is 11.4 Å². The highest BCUT2D eigenvalue weighted by Crippen LogP contribution is 2.30. The number of hydrogen-bond acceptors (Lipinski definition) is 4. The van der Waals surface area contributed by atoms with Crippen LogP contribution in [0.2, 0.25) is 0 Å². The number of amides is 1. The Morgan fingerprint density at radius 3 is 2.33 bits per heavy atom. The molecule has 3 aromatic rings. The number of carbonyl (C=O) groups is 1. The topological polar surface area (TPSA) is 66.9 Å². The molecular formula is C19H15F3N4O. The van der Waals surface area contributed by atoms with Crippen molar-refractivity contribution < 1.29 is 18.0 Å². The summed E-state index contributed by atoms with van der Waals surface area (Å²) in [4.78, 5) is 20.7. The van der Waals surface area contributed by atoms with Gasteiger partial charge in [0.05, 0.1) is 5.56 Å². The monoisotopic (exact) mass is 372 g/mol. The van der Waals surface area contributed by atoms with E-state index in [0.29, 0.717) is 11.6 Å². The smallest absolute Gasteiger partial charge is 0.340 e. The highest BCUT2D eigenvalue weighted by molar-refractivity contribution is 6.03. The van der Waals surface area contributed by atoms with Crippen LogP contribution in [-0.4, -0.2) is 15.9 Å². The number of halogens is 3. The highest BCUT2D eigenvalue weighted by atomic mass is 19.4. The van der Waals surface area contributed by atoms with Gasteiger partial charge >= 0.3 is 6.18 Å². The molecule has 138 valence electrons. The first-order chi connectivity index (χ1) is 12.8. The number of nitrogens with zero attached hydrogens (tertiary/aromatic N) is 2. The average molecular weight is 372 g/mol. The number of benzene rings is 2. The third kappa shape index (κ3) is 4.81. The summed E-state index contributed by atoms with van der Waals surface area (Å²) in [5, 5.41) is 5.49. The molecule has 5 nitrogen and oxygen atoms in total. The first kappa shape index (κ1) is 18.4. The van der Waals surface area contributed by atoms with Crippen LogP contribution in [0.25, 0.3) is 0 Å². The number of hydrogen-bond donors (Lipinski definition) is 2. The Morgan fingerprint density at radius 1 is 0.926 bits per heavy atom. The summed E-state index contributed by atoms with van der Waals surface area (Å²) in [6.45, 7) is 1.62. The van der Waals surface area contributed by atoms with Gasteiger partial charge in [-0.05, 0) is 37.3 Å². The lowest BCUT2D eigenvalue weighted by molar-refractivity contribution is -0.137. The fourth-order valence-corrected chi connectivity index (χ4v) is 2.39. The second-order valence-electron chi connectivity index (χ2n) is 5.71. The normalized spacial score (nSPS) is 11.1. The van der Waals surface area contributed by atoms with E-state index in [1.165, 1.54) is 18.2 Å². The van der Waals surface area contributed by atoms with E-state index in [0.717, 1.165) is 17.8 Å². The standard InChI is InChI=1S/C19H15F3N4O/c1-12-23-16(11-17(24-12)25-14-7-3-2-4-8-14)18(27)26-15-9-5-6-13(10-15)19(20,21)22/h2-11H,1H3,(H,26,27)(H,23,24,25). The number of aromatic nitrogens is 2. The van der Waals surface area contributed by atoms with Crippen LogP contribution in [0, 0.1) is 6.92 Å². The summed E-state index contributed by atoms with van der Waals surface area (Å²) in [5.41, 5.74) is 0.00689.